The SMILES string of the molecule is Cc1cc(OCc2ccc(C(=O)NNC(=O)CN(C)C(=O)c3cccs3)cc2)ccc1Cl. The zero-order valence-electron chi connectivity index (χ0n) is 17.6. The van der Waals surface area contributed by atoms with E-state index in [2.05, 4.69) is 10.9 Å². The third kappa shape index (κ3) is 6.32. The Labute approximate surface area is 194 Å². The van der Waals surface area contributed by atoms with Crippen LogP contribution in [0.1, 0.15) is 31.2 Å². The van der Waals surface area contributed by atoms with Crippen LogP contribution in [0.5, 0.6) is 5.75 Å². The molecule has 0 aliphatic heterocycles. The predicted octanol–water partition coefficient (Wildman–Crippen LogP) is 3.82. The van der Waals surface area contributed by atoms with Crippen LogP contribution in [0.4, 0.5) is 0 Å². The van der Waals surface area contributed by atoms with Gasteiger partial charge in [0.05, 0.1) is 4.88 Å². The molecule has 0 fully saturated rings. The zero-order valence-corrected chi connectivity index (χ0v) is 19.1. The lowest BCUT2D eigenvalue weighted by Gasteiger charge is -2.16. The number of nitrogens with zero attached hydrogens (tertiary/aromatic N) is 1. The van der Waals surface area contributed by atoms with Gasteiger partial charge in [0, 0.05) is 17.6 Å². The number of benzene rings is 2. The fourth-order valence-corrected chi connectivity index (χ4v) is 3.57. The van der Waals surface area contributed by atoms with Crippen LogP contribution in [-0.2, 0) is 11.4 Å². The number of ether oxygens (including phenoxy) is 1. The maximum atomic E-state index is 12.3. The summed E-state index contributed by atoms with van der Waals surface area (Å²) in [6.07, 6.45) is 0. The fourth-order valence-electron chi connectivity index (χ4n) is 2.74. The molecule has 166 valence electrons. The molecule has 0 aliphatic carbocycles. The Bertz CT molecular complexity index is 1100. The average molecular weight is 472 g/mol. The van der Waals surface area contributed by atoms with Gasteiger partial charge in [-0.15, -0.1) is 11.3 Å². The predicted molar refractivity (Wildman–Crippen MR) is 124 cm³/mol. The van der Waals surface area contributed by atoms with Crippen molar-refractivity contribution in [2.24, 2.45) is 0 Å². The van der Waals surface area contributed by atoms with E-state index in [0.29, 0.717) is 27.8 Å². The lowest BCUT2D eigenvalue weighted by molar-refractivity contribution is -0.122. The summed E-state index contributed by atoms with van der Waals surface area (Å²) in [5.74, 6) is -0.521. The molecule has 0 bridgehead atoms. The molecular formula is C23H22ClN3O4S. The van der Waals surface area contributed by atoms with Gasteiger partial charge in [0.15, 0.2) is 0 Å². The highest BCUT2D eigenvalue weighted by atomic mass is 35.5. The number of rotatable bonds is 7. The van der Waals surface area contributed by atoms with E-state index >= 15 is 0 Å². The Morgan fingerprint density at radius 3 is 2.47 bits per heavy atom. The standard InChI is InChI=1S/C23H22ClN3O4S/c1-15-12-18(9-10-19(15)24)31-14-16-5-7-17(8-6-16)22(29)26-25-21(28)13-27(2)23(30)20-4-3-11-32-20/h3-12H,13-14H2,1-2H3,(H,25,28)(H,26,29). The zero-order chi connectivity index (χ0) is 23.1. The van der Waals surface area contributed by atoms with Gasteiger partial charge < -0.3 is 9.64 Å². The molecule has 0 spiro atoms. The van der Waals surface area contributed by atoms with Crippen LogP contribution in [0, 0.1) is 6.92 Å². The molecule has 3 rings (SSSR count). The molecule has 2 N–H and O–H groups in total. The topological polar surface area (TPSA) is 87.7 Å². The molecule has 9 heteroatoms. The monoisotopic (exact) mass is 471 g/mol. The van der Waals surface area contributed by atoms with Crippen molar-refractivity contribution in [2.75, 3.05) is 13.6 Å². The molecule has 3 amide bonds. The number of carbonyl (C=O) groups excluding carboxylic acids is 3. The minimum Gasteiger partial charge on any atom is -0.489 e. The number of hydrogen-bond donors (Lipinski definition) is 2. The van der Waals surface area contributed by atoms with Gasteiger partial charge in [0.1, 0.15) is 18.9 Å². The van der Waals surface area contributed by atoms with Crippen LogP contribution in [0.2, 0.25) is 5.02 Å². The van der Waals surface area contributed by atoms with Crippen LogP contribution in [0.25, 0.3) is 0 Å². The van der Waals surface area contributed by atoms with E-state index in [0.717, 1.165) is 11.1 Å². The second-order valence-corrected chi connectivity index (χ2v) is 8.39. The first-order valence-electron chi connectivity index (χ1n) is 9.69. The molecule has 0 saturated heterocycles. The highest BCUT2D eigenvalue weighted by Gasteiger charge is 2.16. The molecule has 7 nitrogen and oxygen atoms in total. The van der Waals surface area contributed by atoms with Crippen molar-refractivity contribution in [2.45, 2.75) is 13.5 Å². The van der Waals surface area contributed by atoms with Gasteiger partial charge in [0.25, 0.3) is 17.7 Å². The van der Waals surface area contributed by atoms with E-state index in [9.17, 15) is 14.4 Å². The van der Waals surface area contributed by atoms with Crippen molar-refractivity contribution in [1.82, 2.24) is 15.8 Å². The van der Waals surface area contributed by atoms with Crippen LogP contribution >= 0.6 is 22.9 Å². The van der Waals surface area contributed by atoms with Crippen molar-refractivity contribution < 1.29 is 19.1 Å². The van der Waals surface area contributed by atoms with Gasteiger partial charge >= 0.3 is 0 Å². The summed E-state index contributed by atoms with van der Waals surface area (Å²) >= 11 is 7.31. The first-order valence-corrected chi connectivity index (χ1v) is 11.0. The minimum atomic E-state index is -0.506. The average Bonchev–Trinajstić information content (AvgIpc) is 3.33. The second-order valence-electron chi connectivity index (χ2n) is 7.04. The molecule has 0 radical (unpaired) electrons. The van der Waals surface area contributed by atoms with Crippen LogP contribution < -0.4 is 15.6 Å². The van der Waals surface area contributed by atoms with Crippen LogP contribution in [-0.4, -0.2) is 36.2 Å². The van der Waals surface area contributed by atoms with Gasteiger partial charge in [0.2, 0.25) is 0 Å². The van der Waals surface area contributed by atoms with Gasteiger partial charge in [-0.3, -0.25) is 25.2 Å². The third-order valence-corrected chi connectivity index (χ3v) is 5.81. The van der Waals surface area contributed by atoms with E-state index in [1.165, 1.54) is 23.3 Å². The van der Waals surface area contributed by atoms with E-state index < -0.39 is 11.8 Å². The molecule has 0 aliphatic rings. The Hall–Kier alpha value is -3.36. The van der Waals surface area contributed by atoms with Gasteiger partial charge in [-0.2, -0.15) is 0 Å². The van der Waals surface area contributed by atoms with Crippen LogP contribution in [0.15, 0.2) is 60.0 Å². The number of halogens is 1. The highest BCUT2D eigenvalue weighted by molar-refractivity contribution is 7.12. The number of likely N-dealkylation sites (N-methyl/N-ethyl adjacent to an activating group) is 1. The van der Waals surface area contributed by atoms with E-state index in [1.54, 1.807) is 53.9 Å². The second kappa shape index (κ2) is 10.8. The largest absolute Gasteiger partial charge is 0.489 e. The lowest BCUT2D eigenvalue weighted by Crippen LogP contribution is -2.46. The fraction of sp³-hybridized carbons (Fsp3) is 0.174. The highest BCUT2D eigenvalue weighted by Crippen LogP contribution is 2.22. The summed E-state index contributed by atoms with van der Waals surface area (Å²) in [7, 11) is 1.52. The smallest absolute Gasteiger partial charge is 0.269 e. The van der Waals surface area contributed by atoms with Crippen molar-refractivity contribution in [3.63, 3.8) is 0 Å². The molecule has 0 atom stereocenters. The quantitative estimate of drug-likeness (QED) is 0.513. The van der Waals surface area contributed by atoms with Crippen molar-refractivity contribution in [3.05, 3.63) is 86.6 Å². The number of amides is 3. The molecule has 1 aromatic heterocycles. The third-order valence-electron chi connectivity index (χ3n) is 4.53. The van der Waals surface area contributed by atoms with Crippen molar-refractivity contribution in [3.8, 4) is 5.75 Å². The van der Waals surface area contributed by atoms with Gasteiger partial charge in [-0.05, 0) is 59.8 Å². The Morgan fingerprint density at radius 1 is 1.06 bits per heavy atom. The van der Waals surface area contributed by atoms with Crippen molar-refractivity contribution in [1.29, 1.82) is 0 Å². The molecule has 2 aromatic carbocycles. The van der Waals surface area contributed by atoms with Crippen molar-refractivity contribution >= 4 is 40.7 Å². The number of thiophene rings is 1. The summed E-state index contributed by atoms with van der Waals surface area (Å²) in [5, 5.41) is 2.47. The van der Waals surface area contributed by atoms with Gasteiger partial charge in [-0.1, -0.05) is 29.8 Å². The number of hydrogen-bond acceptors (Lipinski definition) is 5. The summed E-state index contributed by atoms with van der Waals surface area (Å²) in [5.41, 5.74) is 6.85. The molecule has 0 unspecified atom stereocenters. The molecule has 3 aromatic rings. The summed E-state index contributed by atoms with van der Waals surface area (Å²) in [6, 6.07) is 15.7. The summed E-state index contributed by atoms with van der Waals surface area (Å²) in [6.45, 7) is 2.06. The maximum absolute atomic E-state index is 12.3. The number of hydrazine groups is 1. The molecule has 1 heterocycles. The lowest BCUT2D eigenvalue weighted by atomic mass is 10.1. The summed E-state index contributed by atoms with van der Waals surface area (Å²) < 4.78 is 5.74. The Balaban J connectivity index is 1.45. The molecular weight excluding hydrogens is 450 g/mol. The maximum Gasteiger partial charge on any atom is 0.269 e. The first kappa shape index (κ1) is 23.3. The normalized spacial score (nSPS) is 10.3. The number of aryl methyl sites for hydroxylation is 1. The van der Waals surface area contributed by atoms with E-state index in [4.69, 9.17) is 16.3 Å². The Kier molecular flexibility index (Phi) is 7.86. The number of nitrogens with one attached hydrogen (secondary N) is 2. The minimum absolute atomic E-state index is 0.183. The number of carbonyl (C=O) groups is 3. The van der Waals surface area contributed by atoms with Crippen LogP contribution in [0.3, 0.4) is 0 Å². The summed E-state index contributed by atoms with van der Waals surface area (Å²) in [4.78, 5) is 38.3. The molecule has 0 saturated carbocycles. The molecule has 32 heavy (non-hydrogen) atoms. The first-order chi connectivity index (χ1) is 15.3. The van der Waals surface area contributed by atoms with E-state index in [-0.39, 0.29) is 12.5 Å². The Morgan fingerprint density at radius 2 is 1.81 bits per heavy atom. The van der Waals surface area contributed by atoms with E-state index in [1.807, 2.05) is 13.0 Å². The van der Waals surface area contributed by atoms with Gasteiger partial charge in [-0.25, -0.2) is 0 Å².